The summed E-state index contributed by atoms with van der Waals surface area (Å²) in [7, 11) is 1.41. The molecule has 0 fully saturated rings. The molecule has 9 nitrogen and oxygen atoms in total. The van der Waals surface area contributed by atoms with Crippen LogP contribution >= 0.6 is 0 Å². The van der Waals surface area contributed by atoms with E-state index in [9.17, 15) is 27.9 Å². The summed E-state index contributed by atoms with van der Waals surface area (Å²) in [5, 5.41) is 14.4. The van der Waals surface area contributed by atoms with E-state index < -0.39 is 35.4 Å². The van der Waals surface area contributed by atoms with Crippen LogP contribution in [0.15, 0.2) is 70.5 Å². The predicted octanol–water partition coefficient (Wildman–Crippen LogP) is 4.43. The fourth-order valence-corrected chi connectivity index (χ4v) is 4.41. The minimum Gasteiger partial charge on any atom is -0.506 e. The van der Waals surface area contributed by atoms with Crippen LogP contribution in [0.4, 0.5) is 24.8 Å². The van der Waals surface area contributed by atoms with E-state index in [2.05, 4.69) is 15.3 Å². The Morgan fingerprint density at radius 2 is 1.75 bits per heavy atom. The van der Waals surface area contributed by atoms with Gasteiger partial charge in [-0.1, -0.05) is 25.1 Å². The minimum absolute atomic E-state index is 0.0458. The lowest BCUT2D eigenvalue weighted by Crippen LogP contribution is -2.42. The number of pyridine rings is 1. The van der Waals surface area contributed by atoms with E-state index in [0.29, 0.717) is 35.1 Å². The summed E-state index contributed by atoms with van der Waals surface area (Å²) in [6, 6.07) is 10.6. The van der Waals surface area contributed by atoms with Crippen molar-refractivity contribution in [1.82, 2.24) is 19.1 Å². The molecule has 5 aromatic rings. The maximum Gasteiger partial charge on any atom is 0.359 e. The fraction of sp³-hybridized carbons (Fsp3) is 0.143. The second-order valence-corrected chi connectivity index (χ2v) is 8.82. The number of aromatic hydroxyl groups is 1. The molecule has 5 rings (SSSR count). The number of fused-ring (bicyclic) bond motifs is 1. The van der Waals surface area contributed by atoms with E-state index in [1.807, 2.05) is 19.1 Å². The molecule has 0 bridgehead atoms. The van der Waals surface area contributed by atoms with Crippen LogP contribution in [-0.2, 0) is 13.0 Å². The zero-order valence-electron chi connectivity index (χ0n) is 21.3. The molecule has 0 saturated heterocycles. The Labute approximate surface area is 224 Å². The number of nitrogens with one attached hydrogen (secondary N) is 1. The second-order valence-electron chi connectivity index (χ2n) is 8.82. The lowest BCUT2D eigenvalue weighted by Gasteiger charge is -2.18. The Bertz CT molecular complexity index is 1880. The molecule has 0 spiro atoms. The molecule has 40 heavy (non-hydrogen) atoms. The Balaban J connectivity index is 1.76. The van der Waals surface area contributed by atoms with Crippen molar-refractivity contribution in [3.63, 3.8) is 0 Å². The fourth-order valence-electron chi connectivity index (χ4n) is 4.41. The molecule has 0 aliphatic carbocycles. The van der Waals surface area contributed by atoms with Gasteiger partial charge in [-0.25, -0.2) is 27.3 Å². The smallest absolute Gasteiger partial charge is 0.359 e. The van der Waals surface area contributed by atoms with Gasteiger partial charge in [-0.3, -0.25) is 9.55 Å². The van der Waals surface area contributed by atoms with Gasteiger partial charge in [-0.2, -0.15) is 4.98 Å². The third-order valence-corrected chi connectivity index (χ3v) is 6.41. The summed E-state index contributed by atoms with van der Waals surface area (Å²) in [5.41, 5.74) is -1.28. The molecule has 2 aromatic heterocycles. The summed E-state index contributed by atoms with van der Waals surface area (Å²) >= 11 is 0. The van der Waals surface area contributed by atoms with Crippen molar-refractivity contribution in [1.29, 1.82) is 0 Å². The molecule has 3 aromatic carbocycles. The van der Waals surface area contributed by atoms with Crippen LogP contribution in [0.5, 0.6) is 11.5 Å². The van der Waals surface area contributed by atoms with E-state index in [1.54, 1.807) is 12.3 Å². The number of aryl methyl sites for hydroxylation is 1. The summed E-state index contributed by atoms with van der Waals surface area (Å²) in [6.07, 6.45) is 3.52. The third kappa shape index (κ3) is 4.75. The molecular weight excluding hydrogens is 527 g/mol. The normalized spacial score (nSPS) is 11.1. The number of hydrogen-bond donors (Lipinski definition) is 2. The molecule has 204 valence electrons. The van der Waals surface area contributed by atoms with Crippen LogP contribution in [0.2, 0.25) is 0 Å². The molecule has 0 atom stereocenters. The molecule has 2 heterocycles. The Morgan fingerprint density at radius 3 is 2.48 bits per heavy atom. The zero-order chi connectivity index (χ0) is 28.6. The van der Waals surface area contributed by atoms with Crippen molar-refractivity contribution in [3.05, 3.63) is 110 Å². The number of anilines is 2. The van der Waals surface area contributed by atoms with Crippen molar-refractivity contribution in [2.45, 2.75) is 19.9 Å². The third-order valence-electron chi connectivity index (χ3n) is 6.41. The number of benzene rings is 3. The first-order chi connectivity index (χ1) is 19.2. The predicted molar refractivity (Wildman–Crippen MR) is 142 cm³/mol. The Hall–Kier alpha value is -5.13. The zero-order valence-corrected chi connectivity index (χ0v) is 21.3. The van der Waals surface area contributed by atoms with Gasteiger partial charge in [0.1, 0.15) is 17.3 Å². The monoisotopic (exact) mass is 549 g/mol. The van der Waals surface area contributed by atoms with E-state index in [-0.39, 0.29) is 28.6 Å². The van der Waals surface area contributed by atoms with E-state index >= 15 is 0 Å². The lowest BCUT2D eigenvalue weighted by molar-refractivity contribution is 0.408. The molecule has 0 radical (unpaired) electrons. The van der Waals surface area contributed by atoms with Crippen LogP contribution in [-0.4, -0.2) is 31.3 Å². The number of halogens is 3. The highest BCUT2D eigenvalue weighted by atomic mass is 19.2. The van der Waals surface area contributed by atoms with Crippen molar-refractivity contribution in [2.24, 2.45) is 0 Å². The summed E-state index contributed by atoms with van der Waals surface area (Å²) in [5.74, 6) is -4.16. The van der Waals surface area contributed by atoms with Crippen LogP contribution in [0.1, 0.15) is 18.1 Å². The van der Waals surface area contributed by atoms with Gasteiger partial charge in [0.15, 0.2) is 11.6 Å². The number of aromatic nitrogens is 4. The van der Waals surface area contributed by atoms with Gasteiger partial charge in [-0.05, 0) is 30.2 Å². The first kappa shape index (κ1) is 26.5. The lowest BCUT2D eigenvalue weighted by atomic mass is 10.0. The van der Waals surface area contributed by atoms with Gasteiger partial charge in [0, 0.05) is 34.7 Å². The maximum absolute atomic E-state index is 14.7. The Kier molecular flexibility index (Phi) is 6.99. The largest absolute Gasteiger partial charge is 0.506 e. The van der Waals surface area contributed by atoms with Crippen LogP contribution < -0.4 is 21.4 Å². The summed E-state index contributed by atoms with van der Waals surface area (Å²) < 4.78 is 49.0. The van der Waals surface area contributed by atoms with Gasteiger partial charge in [0.05, 0.1) is 31.2 Å². The van der Waals surface area contributed by atoms with Gasteiger partial charge >= 0.3 is 11.4 Å². The van der Waals surface area contributed by atoms with Crippen molar-refractivity contribution in [2.75, 3.05) is 12.4 Å². The van der Waals surface area contributed by atoms with Crippen LogP contribution in [0.25, 0.3) is 16.5 Å². The number of nitrogens with zero attached hydrogens (tertiary/aromatic N) is 4. The van der Waals surface area contributed by atoms with E-state index in [1.165, 1.54) is 31.5 Å². The van der Waals surface area contributed by atoms with Crippen LogP contribution in [0.3, 0.4) is 0 Å². The standard InChI is InChI=1S/C28H22F3N5O4/c1-3-15-5-4-6-16-12-32-13-23(25(15)16)36-27(38)34-26(33-22-8-7-18(40-2)10-24(22)37)35(28(36)39)14-17-9-20(30)21(31)11-19(17)29/h4-13,37H,3,14H2,1-2H3,(H,33,34,38). The van der Waals surface area contributed by atoms with Gasteiger partial charge in [-0.15, -0.1) is 0 Å². The number of hydrogen-bond acceptors (Lipinski definition) is 7. The minimum atomic E-state index is -1.40. The first-order valence-electron chi connectivity index (χ1n) is 12.1. The molecule has 0 unspecified atom stereocenters. The summed E-state index contributed by atoms with van der Waals surface area (Å²) in [6.45, 7) is 1.28. The number of phenolic OH excluding ortho intramolecular Hbond substituents is 1. The molecule has 12 heteroatoms. The molecule has 2 N–H and O–H groups in total. The molecule has 0 amide bonds. The SMILES string of the molecule is CCc1cccc2cncc(-n3c(=O)nc(Nc4ccc(OC)cc4O)n(Cc4cc(F)c(F)cc4F)c3=O)c12. The highest BCUT2D eigenvalue weighted by Crippen LogP contribution is 2.30. The number of methoxy groups -OCH3 is 1. The van der Waals surface area contributed by atoms with Gasteiger partial charge in [0.2, 0.25) is 5.95 Å². The Morgan fingerprint density at radius 1 is 0.975 bits per heavy atom. The number of phenols is 1. The van der Waals surface area contributed by atoms with E-state index in [4.69, 9.17) is 4.74 Å². The average Bonchev–Trinajstić information content (AvgIpc) is 2.94. The van der Waals surface area contributed by atoms with Gasteiger partial charge in [0.25, 0.3) is 0 Å². The second kappa shape index (κ2) is 10.6. The van der Waals surface area contributed by atoms with Crippen molar-refractivity contribution >= 4 is 22.4 Å². The maximum atomic E-state index is 14.7. The molecule has 0 saturated carbocycles. The van der Waals surface area contributed by atoms with Crippen molar-refractivity contribution < 1.29 is 23.0 Å². The topological polar surface area (TPSA) is 111 Å². The average molecular weight is 550 g/mol. The van der Waals surface area contributed by atoms with Gasteiger partial charge < -0.3 is 15.2 Å². The number of ether oxygens (including phenoxy) is 1. The highest BCUT2D eigenvalue weighted by Gasteiger charge is 2.21. The van der Waals surface area contributed by atoms with Crippen molar-refractivity contribution in [3.8, 4) is 17.2 Å². The number of rotatable bonds is 7. The van der Waals surface area contributed by atoms with Crippen LogP contribution in [0, 0.1) is 17.5 Å². The summed E-state index contributed by atoms with van der Waals surface area (Å²) in [4.78, 5) is 35.5. The molecule has 0 aliphatic rings. The first-order valence-corrected chi connectivity index (χ1v) is 12.1. The quantitative estimate of drug-likeness (QED) is 0.228. The molecular formula is C28H22F3N5O4. The molecule has 0 aliphatic heterocycles. The highest BCUT2D eigenvalue weighted by molar-refractivity contribution is 5.92. The van der Waals surface area contributed by atoms with E-state index in [0.717, 1.165) is 14.7 Å².